The van der Waals surface area contributed by atoms with Crippen molar-refractivity contribution in [3.05, 3.63) is 48.2 Å². The molecule has 1 aliphatic rings. The molecule has 0 radical (unpaired) electrons. The summed E-state index contributed by atoms with van der Waals surface area (Å²) in [7, 11) is 0. The highest BCUT2D eigenvalue weighted by Crippen LogP contribution is 2.14. The molecule has 0 bridgehead atoms. The predicted octanol–water partition coefficient (Wildman–Crippen LogP) is 1.42. The molecule has 0 aliphatic carbocycles. The number of rotatable bonds is 6. The normalized spacial score (nSPS) is 15.8. The summed E-state index contributed by atoms with van der Waals surface area (Å²) >= 11 is 0. The van der Waals surface area contributed by atoms with Crippen molar-refractivity contribution in [2.45, 2.75) is 12.5 Å². The number of aromatic nitrogens is 2. The maximum Gasteiger partial charge on any atom is 0.326 e. The van der Waals surface area contributed by atoms with Gasteiger partial charge >= 0.3 is 5.97 Å². The first-order valence-corrected chi connectivity index (χ1v) is 7.91. The first-order valence-electron chi connectivity index (χ1n) is 7.91. The van der Waals surface area contributed by atoms with Gasteiger partial charge in [0.1, 0.15) is 11.9 Å². The zero-order valence-corrected chi connectivity index (χ0v) is 13.3. The Labute approximate surface area is 140 Å². The second-order valence-corrected chi connectivity index (χ2v) is 5.57. The van der Waals surface area contributed by atoms with E-state index in [1.165, 1.54) is 0 Å². The van der Waals surface area contributed by atoms with E-state index in [0.29, 0.717) is 31.4 Å². The Morgan fingerprint density at radius 2 is 2.00 bits per heavy atom. The number of carboxylic acid groups (broad SMARTS) is 1. The van der Waals surface area contributed by atoms with Gasteiger partial charge in [-0.2, -0.15) is 4.98 Å². The molecule has 2 heterocycles. The van der Waals surface area contributed by atoms with Gasteiger partial charge < -0.3 is 20.1 Å². The average molecular weight is 328 g/mol. The topological polar surface area (TPSA) is 87.6 Å². The van der Waals surface area contributed by atoms with Crippen LogP contribution in [0.15, 0.2) is 42.6 Å². The van der Waals surface area contributed by atoms with Crippen LogP contribution >= 0.6 is 0 Å². The van der Waals surface area contributed by atoms with E-state index in [0.717, 1.165) is 18.7 Å². The Morgan fingerprint density at radius 3 is 2.71 bits per heavy atom. The molecule has 126 valence electrons. The smallest absolute Gasteiger partial charge is 0.326 e. The Bertz CT molecular complexity index is 675. The third-order valence-electron chi connectivity index (χ3n) is 3.84. The van der Waals surface area contributed by atoms with E-state index in [4.69, 9.17) is 4.74 Å². The minimum Gasteiger partial charge on any atom is -0.480 e. The second kappa shape index (κ2) is 7.74. The van der Waals surface area contributed by atoms with E-state index < -0.39 is 12.0 Å². The molecule has 1 aromatic carbocycles. The van der Waals surface area contributed by atoms with E-state index in [9.17, 15) is 9.90 Å². The monoisotopic (exact) mass is 328 g/mol. The highest BCUT2D eigenvalue weighted by Gasteiger charge is 2.19. The fraction of sp³-hybridized carbons (Fsp3) is 0.353. The number of morpholine rings is 1. The van der Waals surface area contributed by atoms with E-state index in [1.54, 1.807) is 12.3 Å². The van der Waals surface area contributed by atoms with Gasteiger partial charge in [0, 0.05) is 25.7 Å². The average Bonchev–Trinajstić information content (AvgIpc) is 2.63. The van der Waals surface area contributed by atoms with Crippen molar-refractivity contribution in [2.75, 3.05) is 36.5 Å². The minimum absolute atomic E-state index is 0.382. The first kappa shape index (κ1) is 16.2. The van der Waals surface area contributed by atoms with Gasteiger partial charge in [0.15, 0.2) is 0 Å². The lowest BCUT2D eigenvalue weighted by atomic mass is 10.1. The summed E-state index contributed by atoms with van der Waals surface area (Å²) in [5.41, 5.74) is 0.958. The van der Waals surface area contributed by atoms with Crippen LogP contribution in [0.5, 0.6) is 0 Å². The highest BCUT2D eigenvalue weighted by atomic mass is 16.5. The lowest BCUT2D eigenvalue weighted by molar-refractivity contribution is -0.137. The molecule has 3 rings (SSSR count). The van der Waals surface area contributed by atoms with Crippen LogP contribution in [0.1, 0.15) is 5.56 Å². The van der Waals surface area contributed by atoms with Gasteiger partial charge in [-0.3, -0.25) is 0 Å². The van der Waals surface area contributed by atoms with Crippen molar-refractivity contribution < 1.29 is 14.6 Å². The van der Waals surface area contributed by atoms with Crippen LogP contribution < -0.4 is 10.2 Å². The van der Waals surface area contributed by atoms with Crippen LogP contribution in [-0.4, -0.2) is 53.4 Å². The van der Waals surface area contributed by atoms with Crippen molar-refractivity contribution in [1.29, 1.82) is 0 Å². The summed E-state index contributed by atoms with van der Waals surface area (Å²) in [5.74, 6) is 0.187. The van der Waals surface area contributed by atoms with Gasteiger partial charge in [-0.1, -0.05) is 30.3 Å². The lowest BCUT2D eigenvalue weighted by Crippen LogP contribution is -2.37. The maximum atomic E-state index is 11.6. The molecule has 1 aliphatic heterocycles. The minimum atomic E-state index is -0.912. The van der Waals surface area contributed by atoms with Crippen LogP contribution in [0.2, 0.25) is 0 Å². The summed E-state index contributed by atoms with van der Waals surface area (Å²) in [6.45, 7) is 2.76. The van der Waals surface area contributed by atoms with E-state index in [2.05, 4.69) is 15.3 Å². The molecule has 0 amide bonds. The number of hydrogen-bond acceptors (Lipinski definition) is 6. The van der Waals surface area contributed by atoms with E-state index in [-0.39, 0.29) is 0 Å². The van der Waals surface area contributed by atoms with E-state index in [1.807, 2.05) is 35.2 Å². The molecule has 1 fully saturated rings. The van der Waals surface area contributed by atoms with Gasteiger partial charge in [-0.25, -0.2) is 9.78 Å². The number of anilines is 2. The molecule has 7 heteroatoms. The van der Waals surface area contributed by atoms with Crippen molar-refractivity contribution in [1.82, 2.24) is 9.97 Å². The van der Waals surface area contributed by atoms with Crippen LogP contribution in [0.4, 0.5) is 11.8 Å². The summed E-state index contributed by atoms with van der Waals surface area (Å²) in [4.78, 5) is 22.3. The molecular formula is C17H20N4O3. The van der Waals surface area contributed by atoms with E-state index >= 15 is 0 Å². The fourth-order valence-corrected chi connectivity index (χ4v) is 2.57. The number of nitrogens with one attached hydrogen (secondary N) is 1. The third-order valence-corrected chi connectivity index (χ3v) is 3.84. The summed E-state index contributed by atoms with van der Waals surface area (Å²) in [5, 5.41) is 12.5. The Kier molecular flexibility index (Phi) is 5.22. The SMILES string of the molecule is O=C(O)[C@H](Cc1ccccc1)Nc1ccnc(N2CCOCC2)n1. The van der Waals surface area contributed by atoms with Gasteiger partial charge in [-0.15, -0.1) is 0 Å². The lowest BCUT2D eigenvalue weighted by Gasteiger charge is -2.27. The molecule has 0 unspecified atom stereocenters. The number of nitrogens with zero attached hydrogens (tertiary/aromatic N) is 3. The number of carboxylic acids is 1. The van der Waals surface area contributed by atoms with Crippen LogP contribution in [-0.2, 0) is 16.0 Å². The third kappa shape index (κ3) is 4.20. The number of carbonyl (C=O) groups is 1. The predicted molar refractivity (Wildman–Crippen MR) is 90.3 cm³/mol. The molecule has 2 aromatic rings. The number of aliphatic carboxylic acids is 1. The summed E-state index contributed by atoms with van der Waals surface area (Å²) < 4.78 is 5.32. The highest BCUT2D eigenvalue weighted by molar-refractivity contribution is 5.77. The molecule has 1 atom stereocenters. The molecule has 24 heavy (non-hydrogen) atoms. The molecule has 0 saturated carbocycles. The zero-order valence-electron chi connectivity index (χ0n) is 13.3. The Morgan fingerprint density at radius 1 is 1.25 bits per heavy atom. The Hall–Kier alpha value is -2.67. The largest absolute Gasteiger partial charge is 0.480 e. The van der Waals surface area contributed by atoms with Gasteiger partial charge in [0.25, 0.3) is 0 Å². The quantitative estimate of drug-likeness (QED) is 0.829. The van der Waals surface area contributed by atoms with Gasteiger partial charge in [-0.05, 0) is 11.6 Å². The van der Waals surface area contributed by atoms with Crippen LogP contribution in [0, 0.1) is 0 Å². The van der Waals surface area contributed by atoms with Crippen molar-refractivity contribution in [3.63, 3.8) is 0 Å². The molecule has 1 saturated heterocycles. The standard InChI is InChI=1S/C17H20N4O3/c22-16(23)14(12-13-4-2-1-3-5-13)19-15-6-7-18-17(20-15)21-8-10-24-11-9-21/h1-7,14H,8-12H2,(H,22,23)(H,18,19,20)/t14-/m0/s1. The van der Waals surface area contributed by atoms with Gasteiger partial charge in [0.2, 0.25) is 5.95 Å². The number of benzene rings is 1. The molecular weight excluding hydrogens is 308 g/mol. The van der Waals surface area contributed by atoms with Crippen molar-refractivity contribution >= 4 is 17.7 Å². The van der Waals surface area contributed by atoms with Crippen LogP contribution in [0.25, 0.3) is 0 Å². The second-order valence-electron chi connectivity index (χ2n) is 5.57. The van der Waals surface area contributed by atoms with Crippen molar-refractivity contribution in [2.24, 2.45) is 0 Å². The Balaban J connectivity index is 1.71. The molecule has 1 aromatic heterocycles. The summed E-state index contributed by atoms with van der Waals surface area (Å²) in [6.07, 6.45) is 2.02. The molecule has 7 nitrogen and oxygen atoms in total. The molecule has 0 spiro atoms. The molecule has 2 N–H and O–H groups in total. The number of hydrogen-bond donors (Lipinski definition) is 2. The van der Waals surface area contributed by atoms with Crippen LogP contribution in [0.3, 0.4) is 0 Å². The zero-order chi connectivity index (χ0) is 16.8. The first-order chi connectivity index (χ1) is 11.7. The summed E-state index contributed by atoms with van der Waals surface area (Å²) in [6, 6.07) is 10.5. The fourth-order valence-electron chi connectivity index (χ4n) is 2.57. The van der Waals surface area contributed by atoms with Crippen molar-refractivity contribution in [3.8, 4) is 0 Å². The number of ether oxygens (including phenoxy) is 1. The maximum absolute atomic E-state index is 11.6. The van der Waals surface area contributed by atoms with Gasteiger partial charge in [0.05, 0.1) is 13.2 Å².